The first-order valence-corrected chi connectivity index (χ1v) is 10.0. The maximum atomic E-state index is 13.0. The Kier molecular flexibility index (Phi) is 6.90. The van der Waals surface area contributed by atoms with Gasteiger partial charge < -0.3 is 19.5 Å². The Morgan fingerprint density at radius 2 is 1.87 bits per heavy atom. The van der Waals surface area contributed by atoms with E-state index in [1.54, 1.807) is 19.2 Å². The summed E-state index contributed by atoms with van der Waals surface area (Å²) in [7, 11) is 1.59. The van der Waals surface area contributed by atoms with Gasteiger partial charge in [-0.15, -0.1) is 0 Å². The molecule has 0 radical (unpaired) electrons. The molecule has 30 heavy (non-hydrogen) atoms. The fraction of sp³-hybridized carbons (Fsp3) is 0.333. The number of rotatable bonds is 8. The number of hydrogen-bond donors (Lipinski definition) is 1. The molecule has 1 fully saturated rings. The molecule has 2 aromatic rings. The first-order chi connectivity index (χ1) is 14.5. The summed E-state index contributed by atoms with van der Waals surface area (Å²) in [6, 6.07) is 13.8. The third-order valence-electron chi connectivity index (χ3n) is 5.10. The van der Waals surface area contributed by atoms with E-state index < -0.39 is 17.7 Å². The van der Waals surface area contributed by atoms with E-state index in [1.807, 2.05) is 50.2 Å². The lowest BCUT2D eigenvalue weighted by Gasteiger charge is -2.25. The standard InChI is InChI=1S/C24H27NO5/c1-4-30-19-8-5-7-18(15-19)21-20(22(26)17-11-9-16(2)10-12-17)23(27)24(28)25(21)13-6-14-29-3/h5,7-12,15,21,26H,4,6,13-14H2,1-3H3. The number of Topliss-reactive ketones (excluding diaryl/α,β-unsaturated/α-hetero) is 1. The van der Waals surface area contributed by atoms with Crippen molar-refractivity contribution in [3.05, 3.63) is 70.8 Å². The predicted molar refractivity (Wildman–Crippen MR) is 114 cm³/mol. The Labute approximate surface area is 176 Å². The topological polar surface area (TPSA) is 76.1 Å². The number of ether oxygens (including phenoxy) is 2. The maximum Gasteiger partial charge on any atom is 0.295 e. The van der Waals surface area contributed by atoms with E-state index >= 15 is 0 Å². The van der Waals surface area contributed by atoms with Crippen LogP contribution in [-0.2, 0) is 14.3 Å². The van der Waals surface area contributed by atoms with Gasteiger partial charge in [-0.3, -0.25) is 9.59 Å². The van der Waals surface area contributed by atoms with Gasteiger partial charge in [-0.05, 0) is 38.0 Å². The second-order valence-electron chi connectivity index (χ2n) is 7.21. The number of nitrogens with zero attached hydrogens (tertiary/aromatic N) is 1. The van der Waals surface area contributed by atoms with Gasteiger partial charge in [0.15, 0.2) is 0 Å². The molecule has 0 aromatic heterocycles. The summed E-state index contributed by atoms with van der Waals surface area (Å²) in [6.45, 7) is 5.14. The molecule has 6 nitrogen and oxygen atoms in total. The summed E-state index contributed by atoms with van der Waals surface area (Å²) < 4.78 is 10.7. The van der Waals surface area contributed by atoms with Crippen LogP contribution in [0, 0.1) is 6.92 Å². The van der Waals surface area contributed by atoms with Crippen LogP contribution in [0.4, 0.5) is 0 Å². The molecule has 1 aliphatic rings. The molecule has 2 aromatic carbocycles. The van der Waals surface area contributed by atoms with Crippen LogP contribution in [0.15, 0.2) is 54.1 Å². The molecule has 0 saturated carbocycles. The molecule has 1 heterocycles. The summed E-state index contributed by atoms with van der Waals surface area (Å²) >= 11 is 0. The van der Waals surface area contributed by atoms with Crippen LogP contribution in [0.25, 0.3) is 5.76 Å². The molecule has 1 N–H and O–H groups in total. The highest BCUT2D eigenvalue weighted by Crippen LogP contribution is 2.40. The number of hydrogen-bond acceptors (Lipinski definition) is 5. The van der Waals surface area contributed by atoms with Gasteiger partial charge in [0.1, 0.15) is 11.5 Å². The van der Waals surface area contributed by atoms with Crippen LogP contribution in [-0.4, -0.2) is 48.6 Å². The second kappa shape index (κ2) is 9.59. The number of aliphatic hydroxyl groups is 1. The number of benzene rings is 2. The average molecular weight is 409 g/mol. The lowest BCUT2D eigenvalue weighted by molar-refractivity contribution is -0.140. The molecule has 1 aliphatic heterocycles. The van der Waals surface area contributed by atoms with E-state index in [0.717, 1.165) is 5.56 Å². The Bertz CT molecular complexity index is 948. The molecule has 3 rings (SSSR count). The Morgan fingerprint density at radius 1 is 1.13 bits per heavy atom. The smallest absolute Gasteiger partial charge is 0.295 e. The first kappa shape index (κ1) is 21.6. The summed E-state index contributed by atoms with van der Waals surface area (Å²) in [5.74, 6) is -0.828. The van der Waals surface area contributed by atoms with Gasteiger partial charge in [-0.25, -0.2) is 0 Å². The lowest BCUT2D eigenvalue weighted by atomic mass is 9.95. The fourth-order valence-corrected chi connectivity index (χ4v) is 3.64. The number of aliphatic hydroxyl groups excluding tert-OH is 1. The van der Waals surface area contributed by atoms with Crippen LogP contribution in [0.3, 0.4) is 0 Å². The largest absolute Gasteiger partial charge is 0.507 e. The predicted octanol–water partition coefficient (Wildman–Crippen LogP) is 3.85. The first-order valence-electron chi connectivity index (χ1n) is 10.0. The van der Waals surface area contributed by atoms with Gasteiger partial charge in [0.25, 0.3) is 11.7 Å². The Balaban J connectivity index is 2.11. The number of carbonyl (C=O) groups excluding carboxylic acids is 2. The number of amides is 1. The maximum absolute atomic E-state index is 13.0. The van der Waals surface area contributed by atoms with Crippen LogP contribution >= 0.6 is 0 Å². The average Bonchev–Trinajstić information content (AvgIpc) is 2.99. The zero-order valence-corrected chi connectivity index (χ0v) is 17.6. The number of aryl methyl sites for hydroxylation is 1. The molecule has 0 spiro atoms. The van der Waals surface area contributed by atoms with E-state index in [2.05, 4.69) is 0 Å². The Hall–Kier alpha value is -3.12. The molecule has 1 saturated heterocycles. The van der Waals surface area contributed by atoms with Crippen molar-refractivity contribution in [1.82, 2.24) is 4.90 Å². The number of methoxy groups -OCH3 is 1. The van der Waals surface area contributed by atoms with Crippen molar-refractivity contribution >= 4 is 17.4 Å². The highest BCUT2D eigenvalue weighted by Gasteiger charge is 2.45. The molecule has 158 valence electrons. The van der Waals surface area contributed by atoms with Crippen molar-refractivity contribution in [2.24, 2.45) is 0 Å². The van der Waals surface area contributed by atoms with Gasteiger partial charge in [0.2, 0.25) is 0 Å². The van der Waals surface area contributed by atoms with E-state index in [4.69, 9.17) is 9.47 Å². The zero-order valence-electron chi connectivity index (χ0n) is 17.6. The number of carbonyl (C=O) groups is 2. The molecule has 1 amide bonds. The van der Waals surface area contributed by atoms with Gasteiger partial charge in [0.05, 0.1) is 18.2 Å². The highest BCUT2D eigenvalue weighted by molar-refractivity contribution is 6.46. The minimum Gasteiger partial charge on any atom is -0.507 e. The van der Waals surface area contributed by atoms with Crippen LogP contribution in [0.1, 0.15) is 36.1 Å². The molecular weight excluding hydrogens is 382 g/mol. The van der Waals surface area contributed by atoms with Crippen molar-refractivity contribution < 1.29 is 24.2 Å². The quantitative estimate of drug-likeness (QED) is 0.310. The second-order valence-corrected chi connectivity index (χ2v) is 7.21. The molecule has 0 bridgehead atoms. The van der Waals surface area contributed by atoms with Gasteiger partial charge in [0, 0.05) is 25.8 Å². The van der Waals surface area contributed by atoms with Crippen LogP contribution < -0.4 is 4.74 Å². The minimum absolute atomic E-state index is 0.0925. The van der Waals surface area contributed by atoms with Gasteiger partial charge in [-0.1, -0.05) is 42.0 Å². The van der Waals surface area contributed by atoms with Crippen LogP contribution in [0.2, 0.25) is 0 Å². The van der Waals surface area contributed by atoms with E-state index in [-0.39, 0.29) is 11.3 Å². The van der Waals surface area contributed by atoms with Crippen molar-refractivity contribution in [3.8, 4) is 5.75 Å². The van der Waals surface area contributed by atoms with Gasteiger partial charge >= 0.3 is 0 Å². The van der Waals surface area contributed by atoms with Crippen molar-refractivity contribution in [2.45, 2.75) is 26.3 Å². The molecule has 1 atom stereocenters. The van der Waals surface area contributed by atoms with Gasteiger partial charge in [-0.2, -0.15) is 0 Å². The van der Waals surface area contributed by atoms with E-state index in [1.165, 1.54) is 4.90 Å². The third kappa shape index (κ3) is 4.39. The van der Waals surface area contributed by atoms with Crippen molar-refractivity contribution in [3.63, 3.8) is 0 Å². The number of likely N-dealkylation sites (tertiary alicyclic amines) is 1. The Morgan fingerprint density at radius 3 is 2.53 bits per heavy atom. The summed E-state index contributed by atoms with van der Waals surface area (Å²) in [5, 5.41) is 11.0. The molecule has 0 aliphatic carbocycles. The third-order valence-corrected chi connectivity index (χ3v) is 5.10. The minimum atomic E-state index is -0.691. The van der Waals surface area contributed by atoms with E-state index in [9.17, 15) is 14.7 Å². The van der Waals surface area contributed by atoms with Crippen molar-refractivity contribution in [1.29, 1.82) is 0 Å². The number of ketones is 1. The molecule has 1 unspecified atom stereocenters. The lowest BCUT2D eigenvalue weighted by Crippen LogP contribution is -2.31. The van der Waals surface area contributed by atoms with Crippen LogP contribution in [0.5, 0.6) is 5.75 Å². The van der Waals surface area contributed by atoms with E-state index in [0.29, 0.717) is 43.1 Å². The summed E-state index contributed by atoms with van der Waals surface area (Å²) in [4.78, 5) is 27.3. The fourth-order valence-electron chi connectivity index (χ4n) is 3.64. The molecular formula is C24H27NO5. The van der Waals surface area contributed by atoms with Crippen molar-refractivity contribution in [2.75, 3.05) is 26.9 Å². The summed E-state index contributed by atoms with van der Waals surface area (Å²) in [5.41, 5.74) is 2.34. The zero-order chi connectivity index (χ0) is 21.7. The normalized spacial score (nSPS) is 18.1. The monoisotopic (exact) mass is 409 g/mol. The highest BCUT2D eigenvalue weighted by atomic mass is 16.5. The SMILES string of the molecule is CCOc1cccc(C2C(=C(O)c3ccc(C)cc3)C(=O)C(=O)N2CCCOC)c1. The molecule has 6 heteroatoms. The summed E-state index contributed by atoms with van der Waals surface area (Å²) in [6.07, 6.45) is 0.579.